The molecule has 0 radical (unpaired) electrons. The summed E-state index contributed by atoms with van der Waals surface area (Å²) in [5, 5.41) is 10.3. The second-order valence-electron chi connectivity index (χ2n) is 3.83. The van der Waals surface area contributed by atoms with Crippen LogP contribution in [0.1, 0.15) is 6.92 Å². The number of nitro groups is 1. The number of methoxy groups -OCH3 is 1. The topological polar surface area (TPSA) is 112 Å². The summed E-state index contributed by atoms with van der Waals surface area (Å²) < 4.78 is 28.9. The van der Waals surface area contributed by atoms with Gasteiger partial charge in [-0.2, -0.15) is 4.98 Å². The molecule has 1 rings (SSSR count). The van der Waals surface area contributed by atoms with Crippen molar-refractivity contribution in [3.63, 3.8) is 0 Å². The summed E-state index contributed by atoms with van der Waals surface area (Å²) in [4.78, 5) is 17.1. The van der Waals surface area contributed by atoms with Crippen molar-refractivity contribution in [1.29, 1.82) is 0 Å². The highest BCUT2D eigenvalue weighted by Crippen LogP contribution is 2.30. The van der Waals surface area contributed by atoms with Gasteiger partial charge in [-0.25, -0.2) is 13.4 Å². The maximum Gasteiger partial charge on any atom is 0.367 e. The molecule has 10 heteroatoms. The maximum absolute atomic E-state index is 12.1. The molecular weight excluding hydrogens is 298 g/mol. The maximum atomic E-state index is 12.1. The van der Waals surface area contributed by atoms with Crippen LogP contribution in [-0.4, -0.2) is 42.1 Å². The number of aromatic nitrogens is 2. The first-order chi connectivity index (χ1) is 8.83. The van der Waals surface area contributed by atoms with Gasteiger partial charge in [0.05, 0.1) is 17.8 Å². The molecule has 0 aliphatic carbocycles. The normalized spacial score (nSPS) is 13.0. The average Bonchev–Trinajstić information content (AvgIpc) is 2.36. The van der Waals surface area contributed by atoms with Crippen LogP contribution in [0.3, 0.4) is 0 Å². The van der Waals surface area contributed by atoms with E-state index in [9.17, 15) is 18.5 Å². The van der Waals surface area contributed by atoms with Crippen molar-refractivity contribution in [1.82, 2.24) is 9.97 Å². The molecule has 1 aromatic heterocycles. The Morgan fingerprint density at radius 3 is 2.63 bits per heavy atom. The monoisotopic (exact) mass is 309 g/mol. The molecule has 0 amide bonds. The summed E-state index contributed by atoms with van der Waals surface area (Å²) in [6, 6.07) is 0. The van der Waals surface area contributed by atoms with Gasteiger partial charge in [-0.15, -0.1) is 11.6 Å². The molecule has 0 saturated heterocycles. The quantitative estimate of drug-likeness (QED) is 0.334. The zero-order chi connectivity index (χ0) is 14.6. The number of rotatable bonds is 6. The van der Waals surface area contributed by atoms with Gasteiger partial charge >= 0.3 is 5.69 Å². The second kappa shape index (κ2) is 6.11. The van der Waals surface area contributed by atoms with Gasteiger partial charge in [0.15, 0.2) is 0 Å². The number of halogens is 1. The van der Waals surface area contributed by atoms with Crippen molar-refractivity contribution in [3.05, 3.63) is 16.4 Å². The van der Waals surface area contributed by atoms with Crippen molar-refractivity contribution in [3.8, 4) is 5.88 Å². The molecule has 1 atom stereocenters. The summed E-state index contributed by atoms with van der Waals surface area (Å²) in [5.74, 6) is -0.962. The summed E-state index contributed by atoms with van der Waals surface area (Å²) in [7, 11) is -2.78. The van der Waals surface area contributed by atoms with E-state index in [1.165, 1.54) is 0 Å². The summed E-state index contributed by atoms with van der Waals surface area (Å²) >= 11 is 5.55. The van der Waals surface area contributed by atoms with Crippen LogP contribution < -0.4 is 4.74 Å². The molecule has 106 valence electrons. The highest BCUT2D eigenvalue weighted by atomic mass is 35.5. The third kappa shape index (κ3) is 3.51. The molecule has 0 aromatic carbocycles. The Bertz CT molecular complexity index is 577. The highest BCUT2D eigenvalue weighted by Gasteiger charge is 2.33. The van der Waals surface area contributed by atoms with Crippen LogP contribution in [0, 0.1) is 16.0 Å². The van der Waals surface area contributed by atoms with Crippen molar-refractivity contribution in [2.24, 2.45) is 5.92 Å². The lowest BCUT2D eigenvalue weighted by atomic mass is 10.3. The largest absolute Gasteiger partial charge is 0.476 e. The lowest BCUT2D eigenvalue weighted by molar-refractivity contribution is -0.389. The third-order valence-electron chi connectivity index (χ3n) is 2.19. The summed E-state index contributed by atoms with van der Waals surface area (Å²) in [6.45, 7) is 1.62. The third-order valence-corrected chi connectivity index (χ3v) is 4.62. The molecule has 19 heavy (non-hydrogen) atoms. The minimum Gasteiger partial charge on any atom is -0.476 e. The first-order valence-corrected chi connectivity index (χ1v) is 7.34. The molecule has 1 aromatic rings. The Hall–Kier alpha value is -1.48. The predicted molar refractivity (Wildman–Crippen MR) is 67.2 cm³/mol. The van der Waals surface area contributed by atoms with Crippen LogP contribution in [0.2, 0.25) is 0 Å². The molecule has 0 spiro atoms. The van der Waals surface area contributed by atoms with E-state index in [0.717, 1.165) is 13.4 Å². The highest BCUT2D eigenvalue weighted by molar-refractivity contribution is 7.91. The number of nitrogens with zero attached hydrogens (tertiary/aromatic N) is 3. The lowest BCUT2D eigenvalue weighted by Gasteiger charge is -2.09. The fourth-order valence-electron chi connectivity index (χ4n) is 1.38. The van der Waals surface area contributed by atoms with Crippen LogP contribution in [0.25, 0.3) is 0 Å². The summed E-state index contributed by atoms with van der Waals surface area (Å²) in [5.41, 5.74) is -0.758. The minimum absolute atomic E-state index is 0.120. The zero-order valence-electron chi connectivity index (χ0n) is 10.2. The molecule has 1 unspecified atom stereocenters. The van der Waals surface area contributed by atoms with E-state index in [0.29, 0.717) is 0 Å². The molecule has 8 nitrogen and oxygen atoms in total. The SMILES string of the molecule is COc1ncnc(S(=O)(=O)CC(C)CCl)c1[N+](=O)[O-]. The molecular formula is C9H12ClN3O5S. The van der Waals surface area contributed by atoms with Crippen molar-refractivity contribution >= 4 is 27.1 Å². The Morgan fingerprint density at radius 1 is 1.53 bits per heavy atom. The van der Waals surface area contributed by atoms with E-state index < -0.39 is 31.4 Å². The van der Waals surface area contributed by atoms with E-state index in [1.54, 1.807) is 6.92 Å². The van der Waals surface area contributed by atoms with E-state index in [2.05, 4.69) is 9.97 Å². The number of hydrogen-bond donors (Lipinski definition) is 0. The van der Waals surface area contributed by atoms with E-state index >= 15 is 0 Å². The van der Waals surface area contributed by atoms with Crippen molar-refractivity contribution in [2.75, 3.05) is 18.7 Å². The van der Waals surface area contributed by atoms with Gasteiger partial charge in [0, 0.05) is 5.88 Å². The molecule has 0 aliphatic heterocycles. The Kier molecular flexibility index (Phi) is 5.01. The van der Waals surface area contributed by atoms with Crippen LogP contribution in [0.4, 0.5) is 5.69 Å². The Balaban J connectivity index is 3.38. The predicted octanol–water partition coefficient (Wildman–Crippen LogP) is 1.04. The van der Waals surface area contributed by atoms with Gasteiger partial charge in [-0.05, 0) is 5.92 Å². The molecule has 0 bridgehead atoms. The van der Waals surface area contributed by atoms with E-state index in [4.69, 9.17) is 16.3 Å². The zero-order valence-corrected chi connectivity index (χ0v) is 11.8. The van der Waals surface area contributed by atoms with Crippen molar-refractivity contribution in [2.45, 2.75) is 11.9 Å². The van der Waals surface area contributed by atoms with E-state index in [1.807, 2.05) is 0 Å². The van der Waals surface area contributed by atoms with Gasteiger partial charge in [0.25, 0.3) is 5.88 Å². The lowest BCUT2D eigenvalue weighted by Crippen LogP contribution is -2.18. The fraction of sp³-hybridized carbons (Fsp3) is 0.556. The van der Waals surface area contributed by atoms with Gasteiger partial charge in [-0.3, -0.25) is 10.1 Å². The number of ether oxygens (including phenoxy) is 1. The molecule has 0 fully saturated rings. The van der Waals surface area contributed by atoms with Crippen LogP contribution in [0.15, 0.2) is 11.4 Å². The molecule has 0 aliphatic rings. The van der Waals surface area contributed by atoms with E-state index in [-0.39, 0.29) is 17.6 Å². The average molecular weight is 310 g/mol. The van der Waals surface area contributed by atoms with Crippen LogP contribution in [-0.2, 0) is 9.84 Å². The standard InChI is InChI=1S/C9H12ClN3O5S/c1-6(3-10)4-19(16,17)9-7(13(14)15)8(18-2)11-5-12-9/h5-6H,3-4H2,1-2H3. The number of sulfone groups is 1. The molecule has 0 saturated carbocycles. The number of hydrogen-bond acceptors (Lipinski definition) is 7. The fourth-order valence-corrected chi connectivity index (χ4v) is 3.31. The van der Waals surface area contributed by atoms with Crippen LogP contribution in [0.5, 0.6) is 5.88 Å². The first-order valence-electron chi connectivity index (χ1n) is 5.15. The minimum atomic E-state index is -3.94. The smallest absolute Gasteiger partial charge is 0.367 e. The molecule has 0 N–H and O–H groups in total. The molecule has 1 heterocycles. The van der Waals surface area contributed by atoms with Gasteiger partial charge in [0.2, 0.25) is 14.9 Å². The second-order valence-corrected chi connectivity index (χ2v) is 6.09. The summed E-state index contributed by atoms with van der Waals surface area (Å²) in [6.07, 6.45) is 0.907. The van der Waals surface area contributed by atoms with Gasteiger partial charge < -0.3 is 4.74 Å². The Morgan fingerprint density at radius 2 is 2.16 bits per heavy atom. The van der Waals surface area contributed by atoms with Crippen LogP contribution >= 0.6 is 11.6 Å². The first kappa shape index (κ1) is 15.6. The van der Waals surface area contributed by atoms with Crippen molar-refractivity contribution < 1.29 is 18.1 Å². The van der Waals surface area contributed by atoms with Gasteiger partial charge in [-0.1, -0.05) is 6.92 Å². The number of alkyl halides is 1. The Labute approximate surface area is 114 Å². The van der Waals surface area contributed by atoms with Gasteiger partial charge in [0.1, 0.15) is 6.33 Å².